The summed E-state index contributed by atoms with van der Waals surface area (Å²) in [6.07, 6.45) is 0. The number of carbonyl (C=O) groups excluding carboxylic acids is 1. The fraction of sp³-hybridized carbons (Fsp3) is 0.190. The molecule has 3 aromatic carbocycles. The van der Waals surface area contributed by atoms with Gasteiger partial charge < -0.3 is 9.47 Å². The van der Waals surface area contributed by atoms with Crippen LogP contribution in [-0.4, -0.2) is 45.0 Å². The van der Waals surface area contributed by atoms with Crippen LogP contribution >= 0.6 is 0 Å². The summed E-state index contributed by atoms with van der Waals surface area (Å²) in [6.45, 7) is 1.32. The molecule has 28 heavy (non-hydrogen) atoms. The Labute approximate surface area is 163 Å². The molecule has 0 aliphatic carbocycles. The smallest absolute Gasteiger partial charge is 0.343 e. The minimum Gasteiger partial charge on any atom is -0.422 e. The van der Waals surface area contributed by atoms with Crippen molar-refractivity contribution in [3.05, 3.63) is 72.3 Å². The average Bonchev–Trinajstić information content (AvgIpc) is 2.75. The molecule has 1 fully saturated rings. The van der Waals surface area contributed by atoms with Crippen LogP contribution in [0.2, 0.25) is 0 Å². The third kappa shape index (κ3) is 3.64. The highest BCUT2D eigenvalue weighted by molar-refractivity contribution is 7.89. The molecule has 0 N–H and O–H groups in total. The number of morpholine rings is 1. The van der Waals surface area contributed by atoms with Crippen LogP contribution in [0.4, 0.5) is 0 Å². The summed E-state index contributed by atoms with van der Waals surface area (Å²) < 4.78 is 37.8. The van der Waals surface area contributed by atoms with Crippen molar-refractivity contribution in [3.8, 4) is 5.75 Å². The number of esters is 1. The van der Waals surface area contributed by atoms with Crippen LogP contribution in [0, 0.1) is 0 Å². The van der Waals surface area contributed by atoms with E-state index >= 15 is 0 Å². The number of ether oxygens (including phenoxy) is 2. The highest BCUT2D eigenvalue weighted by Gasteiger charge is 2.27. The van der Waals surface area contributed by atoms with Crippen molar-refractivity contribution in [1.82, 2.24) is 4.31 Å². The lowest BCUT2D eigenvalue weighted by molar-refractivity contribution is 0.0727. The molecule has 7 heteroatoms. The Kier molecular flexibility index (Phi) is 5.13. The predicted octanol–water partition coefficient (Wildman–Crippen LogP) is 3.08. The van der Waals surface area contributed by atoms with E-state index in [0.29, 0.717) is 32.1 Å². The van der Waals surface area contributed by atoms with Crippen LogP contribution in [0.25, 0.3) is 10.8 Å². The fourth-order valence-corrected chi connectivity index (χ4v) is 4.62. The Morgan fingerprint density at radius 1 is 0.929 bits per heavy atom. The second-order valence-corrected chi connectivity index (χ2v) is 8.35. The Morgan fingerprint density at radius 3 is 2.46 bits per heavy atom. The first-order valence-electron chi connectivity index (χ1n) is 8.93. The number of hydrogen-bond acceptors (Lipinski definition) is 5. The Hall–Kier alpha value is -2.74. The number of benzene rings is 3. The Bertz CT molecular complexity index is 1120. The fourth-order valence-electron chi connectivity index (χ4n) is 3.16. The van der Waals surface area contributed by atoms with Gasteiger partial charge in [0.2, 0.25) is 10.0 Å². The first kappa shape index (κ1) is 18.6. The summed E-state index contributed by atoms with van der Waals surface area (Å²) in [6, 6.07) is 19.0. The number of fused-ring (bicyclic) bond motifs is 1. The first-order valence-corrected chi connectivity index (χ1v) is 10.4. The third-order valence-electron chi connectivity index (χ3n) is 4.63. The quantitative estimate of drug-likeness (QED) is 0.500. The molecule has 0 bridgehead atoms. The van der Waals surface area contributed by atoms with Crippen LogP contribution in [0.1, 0.15) is 10.4 Å². The van der Waals surface area contributed by atoms with Crippen molar-refractivity contribution < 1.29 is 22.7 Å². The van der Waals surface area contributed by atoms with Gasteiger partial charge in [0.15, 0.2) is 0 Å². The van der Waals surface area contributed by atoms with Crippen molar-refractivity contribution in [3.63, 3.8) is 0 Å². The molecule has 1 saturated heterocycles. The van der Waals surface area contributed by atoms with Gasteiger partial charge in [-0.15, -0.1) is 0 Å². The standard InChI is InChI=1S/C21H19NO5S/c23-21(27-20-10-4-6-16-5-1-2-9-19(16)20)17-7-3-8-18(15-17)28(24,25)22-11-13-26-14-12-22/h1-10,15H,11-14H2. The summed E-state index contributed by atoms with van der Waals surface area (Å²) in [5, 5.41) is 1.77. The zero-order valence-electron chi connectivity index (χ0n) is 15.1. The molecule has 1 heterocycles. The molecule has 0 amide bonds. The SMILES string of the molecule is O=C(Oc1cccc2ccccc12)c1cccc(S(=O)(=O)N2CCOCC2)c1. The Balaban J connectivity index is 1.61. The van der Waals surface area contributed by atoms with E-state index in [0.717, 1.165) is 10.8 Å². The van der Waals surface area contributed by atoms with Crippen LogP contribution < -0.4 is 4.74 Å². The third-order valence-corrected chi connectivity index (χ3v) is 6.52. The molecule has 144 valence electrons. The van der Waals surface area contributed by atoms with E-state index in [2.05, 4.69) is 0 Å². The monoisotopic (exact) mass is 397 g/mol. The van der Waals surface area contributed by atoms with Crippen molar-refractivity contribution in [2.75, 3.05) is 26.3 Å². The van der Waals surface area contributed by atoms with Gasteiger partial charge in [-0.05, 0) is 29.7 Å². The predicted molar refractivity (Wildman–Crippen MR) is 105 cm³/mol. The highest BCUT2D eigenvalue weighted by Crippen LogP contribution is 2.26. The van der Waals surface area contributed by atoms with Gasteiger partial charge in [-0.25, -0.2) is 13.2 Å². The summed E-state index contributed by atoms with van der Waals surface area (Å²) in [7, 11) is -3.68. The van der Waals surface area contributed by atoms with E-state index < -0.39 is 16.0 Å². The van der Waals surface area contributed by atoms with E-state index in [-0.39, 0.29) is 10.5 Å². The average molecular weight is 397 g/mol. The van der Waals surface area contributed by atoms with Crippen LogP contribution in [0.3, 0.4) is 0 Å². The maximum absolute atomic E-state index is 12.8. The number of carbonyl (C=O) groups is 1. The second-order valence-electron chi connectivity index (χ2n) is 6.41. The molecule has 4 rings (SSSR count). The van der Waals surface area contributed by atoms with Gasteiger partial charge in [0.05, 0.1) is 23.7 Å². The molecule has 1 aliphatic rings. The molecule has 0 aromatic heterocycles. The zero-order valence-corrected chi connectivity index (χ0v) is 15.9. The first-order chi connectivity index (χ1) is 13.6. The van der Waals surface area contributed by atoms with Gasteiger partial charge in [0, 0.05) is 18.5 Å². The summed E-state index contributed by atoms with van der Waals surface area (Å²) in [5.74, 6) is -0.167. The van der Waals surface area contributed by atoms with Crippen molar-refractivity contribution in [2.45, 2.75) is 4.90 Å². The largest absolute Gasteiger partial charge is 0.422 e. The second kappa shape index (κ2) is 7.71. The van der Waals surface area contributed by atoms with Gasteiger partial charge in [-0.1, -0.05) is 42.5 Å². The molecule has 0 atom stereocenters. The molecule has 6 nitrogen and oxygen atoms in total. The Morgan fingerprint density at radius 2 is 1.64 bits per heavy atom. The van der Waals surface area contributed by atoms with Gasteiger partial charge in [-0.3, -0.25) is 0 Å². The van der Waals surface area contributed by atoms with E-state index in [9.17, 15) is 13.2 Å². The van der Waals surface area contributed by atoms with Crippen LogP contribution in [-0.2, 0) is 14.8 Å². The lowest BCUT2D eigenvalue weighted by atomic mass is 10.1. The molecule has 0 saturated carbocycles. The number of hydrogen-bond donors (Lipinski definition) is 0. The number of nitrogens with zero attached hydrogens (tertiary/aromatic N) is 1. The van der Waals surface area contributed by atoms with E-state index in [1.165, 1.54) is 16.4 Å². The van der Waals surface area contributed by atoms with Crippen molar-refractivity contribution in [1.29, 1.82) is 0 Å². The maximum Gasteiger partial charge on any atom is 0.343 e. The van der Waals surface area contributed by atoms with Crippen molar-refractivity contribution >= 4 is 26.8 Å². The molecular weight excluding hydrogens is 378 g/mol. The molecule has 0 radical (unpaired) electrons. The highest BCUT2D eigenvalue weighted by atomic mass is 32.2. The molecule has 0 unspecified atom stereocenters. The molecule has 3 aromatic rings. The van der Waals surface area contributed by atoms with Crippen LogP contribution in [0.15, 0.2) is 71.6 Å². The summed E-state index contributed by atoms with van der Waals surface area (Å²) in [4.78, 5) is 12.7. The van der Waals surface area contributed by atoms with Gasteiger partial charge >= 0.3 is 5.97 Å². The van der Waals surface area contributed by atoms with E-state index in [1.807, 2.05) is 36.4 Å². The normalized spacial score (nSPS) is 15.4. The van der Waals surface area contributed by atoms with Gasteiger partial charge in [-0.2, -0.15) is 4.31 Å². The van der Waals surface area contributed by atoms with Gasteiger partial charge in [0.1, 0.15) is 5.75 Å². The topological polar surface area (TPSA) is 72.9 Å². The number of sulfonamides is 1. The minimum absolute atomic E-state index is 0.0711. The number of rotatable bonds is 4. The van der Waals surface area contributed by atoms with E-state index in [4.69, 9.17) is 9.47 Å². The molecule has 0 spiro atoms. The molecular formula is C21H19NO5S. The van der Waals surface area contributed by atoms with E-state index in [1.54, 1.807) is 18.2 Å². The van der Waals surface area contributed by atoms with Crippen molar-refractivity contribution in [2.24, 2.45) is 0 Å². The molecule has 1 aliphatic heterocycles. The minimum atomic E-state index is -3.68. The zero-order chi connectivity index (χ0) is 19.6. The van der Waals surface area contributed by atoms with Crippen LogP contribution in [0.5, 0.6) is 5.75 Å². The summed E-state index contributed by atoms with van der Waals surface area (Å²) >= 11 is 0. The maximum atomic E-state index is 12.8. The lowest BCUT2D eigenvalue weighted by Gasteiger charge is -2.26. The van der Waals surface area contributed by atoms with Gasteiger partial charge in [0.25, 0.3) is 0 Å². The lowest BCUT2D eigenvalue weighted by Crippen LogP contribution is -2.40. The summed E-state index contributed by atoms with van der Waals surface area (Å²) in [5.41, 5.74) is 0.183.